The lowest BCUT2D eigenvalue weighted by molar-refractivity contribution is -0.123. The Kier molecular flexibility index (Phi) is 5.72. The number of thiazole rings is 1. The summed E-state index contributed by atoms with van der Waals surface area (Å²) < 4.78 is 1.13. The Morgan fingerprint density at radius 2 is 2.11 bits per heavy atom. The maximum absolute atomic E-state index is 11.7. The van der Waals surface area contributed by atoms with Crippen LogP contribution in [0.4, 0.5) is 0 Å². The minimum absolute atomic E-state index is 0. The molecule has 3 N–H and O–H groups in total. The third-order valence-corrected chi connectivity index (χ3v) is 3.81. The quantitative estimate of drug-likeness (QED) is 0.910. The molecule has 1 atom stereocenters. The number of carbonyl (C=O) groups is 1. The zero-order valence-electron chi connectivity index (χ0n) is 10.9. The van der Waals surface area contributed by atoms with E-state index in [2.05, 4.69) is 10.3 Å². The van der Waals surface area contributed by atoms with E-state index in [1.54, 1.807) is 11.3 Å². The first-order valence-electron chi connectivity index (χ1n) is 5.95. The van der Waals surface area contributed by atoms with Crippen LogP contribution in [-0.2, 0) is 11.3 Å². The molecule has 0 aliphatic rings. The SMILES string of the molecule is CC(C)[C@@H](N)C(=O)NCc1nc2ccccc2s1.Cl. The third kappa shape index (κ3) is 3.89. The first-order chi connectivity index (χ1) is 8.58. The number of carbonyl (C=O) groups excluding carboxylic acids is 1. The van der Waals surface area contributed by atoms with E-state index in [4.69, 9.17) is 5.73 Å². The van der Waals surface area contributed by atoms with Crippen LogP contribution in [0, 0.1) is 5.92 Å². The van der Waals surface area contributed by atoms with Gasteiger partial charge in [-0.2, -0.15) is 0 Å². The number of para-hydroxylation sites is 1. The van der Waals surface area contributed by atoms with Crippen LogP contribution in [0.5, 0.6) is 0 Å². The van der Waals surface area contributed by atoms with Crippen molar-refractivity contribution in [1.82, 2.24) is 10.3 Å². The summed E-state index contributed by atoms with van der Waals surface area (Å²) in [4.78, 5) is 16.2. The topological polar surface area (TPSA) is 68.0 Å². The average Bonchev–Trinajstić information content (AvgIpc) is 2.77. The Morgan fingerprint density at radius 3 is 2.74 bits per heavy atom. The second-order valence-electron chi connectivity index (χ2n) is 4.56. The first kappa shape index (κ1) is 15.9. The van der Waals surface area contributed by atoms with Crippen molar-refractivity contribution in [3.8, 4) is 0 Å². The van der Waals surface area contributed by atoms with E-state index < -0.39 is 6.04 Å². The molecular formula is C13H18ClN3OS. The molecule has 1 aromatic heterocycles. The lowest BCUT2D eigenvalue weighted by Crippen LogP contribution is -2.43. The van der Waals surface area contributed by atoms with Gasteiger partial charge in [-0.3, -0.25) is 4.79 Å². The smallest absolute Gasteiger partial charge is 0.237 e. The van der Waals surface area contributed by atoms with E-state index in [0.29, 0.717) is 6.54 Å². The van der Waals surface area contributed by atoms with Crippen molar-refractivity contribution in [3.63, 3.8) is 0 Å². The number of amides is 1. The van der Waals surface area contributed by atoms with Gasteiger partial charge in [0.25, 0.3) is 0 Å². The third-order valence-electron chi connectivity index (χ3n) is 2.77. The van der Waals surface area contributed by atoms with Crippen molar-refractivity contribution >= 4 is 39.9 Å². The van der Waals surface area contributed by atoms with Crippen LogP contribution in [0.1, 0.15) is 18.9 Å². The Bertz CT molecular complexity index is 523. The standard InChI is InChI=1S/C13H17N3OS.ClH/c1-8(2)12(14)13(17)15-7-11-16-9-5-3-4-6-10(9)18-11;/h3-6,8,12H,7,14H2,1-2H3,(H,15,17);1H/t12-;/m1./s1. The van der Waals surface area contributed by atoms with Gasteiger partial charge in [-0.15, -0.1) is 23.7 Å². The molecule has 6 heteroatoms. The van der Waals surface area contributed by atoms with E-state index in [-0.39, 0.29) is 24.2 Å². The average molecular weight is 300 g/mol. The molecule has 19 heavy (non-hydrogen) atoms. The van der Waals surface area contributed by atoms with Crippen LogP contribution >= 0.6 is 23.7 Å². The van der Waals surface area contributed by atoms with Crippen molar-refractivity contribution in [2.24, 2.45) is 11.7 Å². The molecule has 0 spiro atoms. The monoisotopic (exact) mass is 299 g/mol. The van der Waals surface area contributed by atoms with Crippen LogP contribution in [0.15, 0.2) is 24.3 Å². The van der Waals surface area contributed by atoms with Crippen LogP contribution in [0.2, 0.25) is 0 Å². The molecule has 0 saturated carbocycles. The normalized spacial score (nSPS) is 12.2. The second kappa shape index (κ2) is 6.84. The second-order valence-corrected chi connectivity index (χ2v) is 5.68. The number of halogens is 1. The van der Waals surface area contributed by atoms with Gasteiger partial charge >= 0.3 is 0 Å². The van der Waals surface area contributed by atoms with Gasteiger partial charge in [-0.1, -0.05) is 26.0 Å². The predicted octanol–water partition coefficient (Wildman–Crippen LogP) is 2.32. The van der Waals surface area contributed by atoms with E-state index in [9.17, 15) is 4.79 Å². The molecule has 1 aromatic carbocycles. The van der Waals surface area contributed by atoms with Crippen molar-refractivity contribution in [2.75, 3.05) is 0 Å². The lowest BCUT2D eigenvalue weighted by Gasteiger charge is -2.14. The van der Waals surface area contributed by atoms with Gasteiger partial charge < -0.3 is 11.1 Å². The number of benzene rings is 1. The number of nitrogens with one attached hydrogen (secondary N) is 1. The minimum Gasteiger partial charge on any atom is -0.348 e. The summed E-state index contributed by atoms with van der Waals surface area (Å²) in [7, 11) is 0. The van der Waals surface area contributed by atoms with Crippen molar-refractivity contribution in [3.05, 3.63) is 29.3 Å². The highest BCUT2D eigenvalue weighted by Gasteiger charge is 2.17. The highest BCUT2D eigenvalue weighted by atomic mass is 35.5. The molecular weight excluding hydrogens is 282 g/mol. The molecule has 2 aromatic rings. The molecule has 2 rings (SSSR count). The highest BCUT2D eigenvalue weighted by molar-refractivity contribution is 7.18. The Hall–Kier alpha value is -1.17. The highest BCUT2D eigenvalue weighted by Crippen LogP contribution is 2.21. The molecule has 0 fully saturated rings. The molecule has 1 heterocycles. The molecule has 0 radical (unpaired) electrons. The summed E-state index contributed by atoms with van der Waals surface area (Å²) in [5.74, 6) is 0.0182. The van der Waals surface area contributed by atoms with Crippen LogP contribution in [0.3, 0.4) is 0 Å². The number of hydrogen-bond acceptors (Lipinski definition) is 4. The molecule has 4 nitrogen and oxygen atoms in total. The Balaban J connectivity index is 0.00000180. The number of aromatic nitrogens is 1. The van der Waals surface area contributed by atoms with Gasteiger partial charge in [0.1, 0.15) is 5.01 Å². The molecule has 0 aliphatic carbocycles. The molecule has 1 amide bonds. The molecule has 0 aliphatic heterocycles. The summed E-state index contributed by atoms with van der Waals surface area (Å²) in [6, 6.07) is 7.48. The maximum atomic E-state index is 11.7. The number of nitrogens with zero attached hydrogens (tertiary/aromatic N) is 1. The van der Waals surface area contributed by atoms with Gasteiger partial charge in [0.15, 0.2) is 0 Å². The Labute approximate surface area is 122 Å². The number of rotatable bonds is 4. The Morgan fingerprint density at radius 1 is 1.42 bits per heavy atom. The summed E-state index contributed by atoms with van der Waals surface area (Å²) in [6.07, 6.45) is 0. The summed E-state index contributed by atoms with van der Waals surface area (Å²) >= 11 is 1.59. The van der Waals surface area contributed by atoms with E-state index in [0.717, 1.165) is 15.2 Å². The zero-order valence-corrected chi connectivity index (χ0v) is 12.6. The minimum atomic E-state index is -0.459. The van der Waals surface area contributed by atoms with Crippen molar-refractivity contribution in [2.45, 2.75) is 26.4 Å². The summed E-state index contributed by atoms with van der Waals surface area (Å²) in [5.41, 5.74) is 6.74. The van der Waals surface area contributed by atoms with Gasteiger partial charge in [0, 0.05) is 0 Å². The molecule has 104 valence electrons. The van der Waals surface area contributed by atoms with Gasteiger partial charge in [-0.05, 0) is 18.1 Å². The van der Waals surface area contributed by atoms with E-state index in [1.807, 2.05) is 38.1 Å². The molecule has 0 saturated heterocycles. The molecule has 0 bridgehead atoms. The lowest BCUT2D eigenvalue weighted by atomic mass is 10.1. The number of nitrogens with two attached hydrogens (primary N) is 1. The first-order valence-corrected chi connectivity index (χ1v) is 6.77. The fraction of sp³-hybridized carbons (Fsp3) is 0.385. The zero-order chi connectivity index (χ0) is 13.1. The summed E-state index contributed by atoms with van der Waals surface area (Å²) in [5, 5.41) is 3.73. The van der Waals surface area contributed by atoms with Crippen molar-refractivity contribution in [1.29, 1.82) is 0 Å². The number of hydrogen-bond donors (Lipinski definition) is 2. The fourth-order valence-electron chi connectivity index (χ4n) is 1.58. The molecule has 0 unspecified atom stereocenters. The van der Waals surface area contributed by atoms with Crippen LogP contribution in [-0.4, -0.2) is 16.9 Å². The predicted molar refractivity (Wildman–Crippen MR) is 81.5 cm³/mol. The van der Waals surface area contributed by atoms with Gasteiger partial charge in [0.2, 0.25) is 5.91 Å². The van der Waals surface area contributed by atoms with E-state index in [1.165, 1.54) is 0 Å². The van der Waals surface area contributed by atoms with Crippen LogP contribution in [0.25, 0.3) is 10.2 Å². The van der Waals surface area contributed by atoms with Gasteiger partial charge in [-0.25, -0.2) is 4.98 Å². The largest absolute Gasteiger partial charge is 0.348 e. The van der Waals surface area contributed by atoms with Crippen molar-refractivity contribution < 1.29 is 4.79 Å². The van der Waals surface area contributed by atoms with Crippen LogP contribution < -0.4 is 11.1 Å². The summed E-state index contributed by atoms with van der Waals surface area (Å²) in [6.45, 7) is 4.31. The van der Waals surface area contributed by atoms with Gasteiger partial charge in [0.05, 0.1) is 22.8 Å². The van der Waals surface area contributed by atoms with E-state index >= 15 is 0 Å². The fourth-order valence-corrected chi connectivity index (χ4v) is 2.49. The number of fused-ring (bicyclic) bond motifs is 1. The maximum Gasteiger partial charge on any atom is 0.237 e.